The Kier molecular flexibility index (Phi) is 4.79. The Bertz CT molecular complexity index is 922. The molecule has 118 valence electrons. The minimum absolute atomic E-state index is 0.00212. The molecule has 7 heteroatoms. The first-order valence-electron chi connectivity index (χ1n) is 6.84. The predicted molar refractivity (Wildman–Crippen MR) is 94.0 cm³/mol. The lowest BCUT2D eigenvalue weighted by Gasteiger charge is -1.99. The van der Waals surface area contributed by atoms with Gasteiger partial charge in [-0.25, -0.2) is 9.37 Å². The number of carbonyl (C=O) groups excluding carboxylic acids is 1. The molecule has 0 spiro atoms. The summed E-state index contributed by atoms with van der Waals surface area (Å²) in [7, 11) is 0. The Morgan fingerprint density at radius 1 is 1.25 bits per heavy atom. The Morgan fingerprint density at radius 2 is 2.04 bits per heavy atom. The van der Waals surface area contributed by atoms with Gasteiger partial charge < -0.3 is 0 Å². The summed E-state index contributed by atoms with van der Waals surface area (Å²) in [6.45, 7) is 0. The van der Waals surface area contributed by atoms with Crippen LogP contribution in [0, 0.1) is 17.1 Å². The number of halogens is 1. The van der Waals surface area contributed by atoms with Gasteiger partial charge in [-0.15, -0.1) is 22.7 Å². The third-order valence-electron chi connectivity index (χ3n) is 3.06. The van der Waals surface area contributed by atoms with Crippen LogP contribution < -0.4 is 5.32 Å². The van der Waals surface area contributed by atoms with Crippen LogP contribution in [0.1, 0.15) is 4.88 Å². The molecule has 2 aromatic heterocycles. The lowest BCUT2D eigenvalue weighted by Crippen LogP contribution is -2.12. The van der Waals surface area contributed by atoms with E-state index in [2.05, 4.69) is 10.3 Å². The number of hydrogen-bond acceptors (Lipinski definition) is 5. The summed E-state index contributed by atoms with van der Waals surface area (Å²) in [6.07, 6.45) is 3.10. The quantitative estimate of drug-likeness (QED) is 0.551. The molecule has 0 atom stereocenters. The highest BCUT2D eigenvalue weighted by molar-refractivity contribution is 7.16. The number of rotatable bonds is 4. The van der Waals surface area contributed by atoms with Crippen molar-refractivity contribution in [3.63, 3.8) is 0 Å². The molecule has 0 unspecified atom stereocenters. The standard InChI is InChI=1S/C17H10FN3OS2/c18-13-3-1-11(2-4-13)15-6-5-14(24-15)9-12(10-19)16(22)21-17-20-7-8-23-17/h1-9H,(H,20,21,22)/b12-9+. The number of hydrogen-bond donors (Lipinski definition) is 1. The van der Waals surface area contributed by atoms with Crippen LogP contribution in [0.15, 0.2) is 53.5 Å². The first kappa shape index (κ1) is 16.1. The number of nitriles is 1. The number of thiazole rings is 1. The highest BCUT2D eigenvalue weighted by Crippen LogP contribution is 2.29. The number of benzene rings is 1. The average Bonchev–Trinajstić information content (AvgIpc) is 3.25. The van der Waals surface area contributed by atoms with E-state index in [1.165, 1.54) is 40.9 Å². The first-order valence-corrected chi connectivity index (χ1v) is 8.54. The van der Waals surface area contributed by atoms with E-state index in [1.54, 1.807) is 23.7 Å². The maximum atomic E-state index is 13.0. The Balaban J connectivity index is 1.80. The van der Waals surface area contributed by atoms with Crippen LogP contribution in [0.25, 0.3) is 16.5 Å². The minimum Gasteiger partial charge on any atom is -0.297 e. The second kappa shape index (κ2) is 7.17. The van der Waals surface area contributed by atoms with Gasteiger partial charge in [0.1, 0.15) is 17.5 Å². The number of amides is 1. The number of carbonyl (C=O) groups is 1. The van der Waals surface area contributed by atoms with Crippen molar-refractivity contribution < 1.29 is 9.18 Å². The average molecular weight is 355 g/mol. The molecular formula is C17H10FN3OS2. The molecule has 0 saturated carbocycles. The Hall–Kier alpha value is -2.82. The van der Waals surface area contributed by atoms with Gasteiger partial charge in [0.25, 0.3) is 5.91 Å². The molecule has 1 amide bonds. The van der Waals surface area contributed by atoms with Crippen LogP contribution in [0.3, 0.4) is 0 Å². The summed E-state index contributed by atoms with van der Waals surface area (Å²) < 4.78 is 13.0. The smallest absolute Gasteiger partial charge is 0.268 e. The van der Waals surface area contributed by atoms with Crippen molar-refractivity contribution in [1.82, 2.24) is 4.98 Å². The normalized spacial score (nSPS) is 11.1. The monoisotopic (exact) mass is 355 g/mol. The maximum absolute atomic E-state index is 13.0. The molecule has 0 aliphatic rings. The maximum Gasteiger partial charge on any atom is 0.268 e. The van der Waals surface area contributed by atoms with Crippen molar-refractivity contribution in [1.29, 1.82) is 5.26 Å². The number of aromatic nitrogens is 1. The zero-order valence-electron chi connectivity index (χ0n) is 12.2. The summed E-state index contributed by atoms with van der Waals surface area (Å²) in [4.78, 5) is 17.7. The third-order valence-corrected chi connectivity index (χ3v) is 4.83. The molecule has 0 fully saturated rings. The predicted octanol–water partition coefficient (Wildman–Crippen LogP) is 4.56. The van der Waals surface area contributed by atoms with Crippen LogP contribution >= 0.6 is 22.7 Å². The molecule has 0 saturated heterocycles. The molecule has 0 bridgehead atoms. The molecular weight excluding hydrogens is 345 g/mol. The Labute approximate surface area is 145 Å². The summed E-state index contributed by atoms with van der Waals surface area (Å²) in [5.41, 5.74) is 0.879. The van der Waals surface area contributed by atoms with Crippen molar-refractivity contribution in [3.8, 4) is 16.5 Å². The summed E-state index contributed by atoms with van der Waals surface area (Å²) >= 11 is 2.70. The molecule has 1 N–H and O–H groups in total. The molecule has 1 aromatic carbocycles. The summed E-state index contributed by atoms with van der Waals surface area (Å²) in [5, 5.41) is 14.0. The fraction of sp³-hybridized carbons (Fsp3) is 0. The van der Waals surface area contributed by atoms with Crippen LogP contribution in [0.4, 0.5) is 9.52 Å². The summed E-state index contributed by atoms with van der Waals surface area (Å²) in [5.74, 6) is -0.787. The van der Waals surface area contributed by atoms with E-state index >= 15 is 0 Å². The van der Waals surface area contributed by atoms with Crippen molar-refractivity contribution in [2.45, 2.75) is 0 Å². The number of thiophene rings is 1. The van der Waals surface area contributed by atoms with E-state index in [0.717, 1.165) is 15.3 Å². The zero-order chi connectivity index (χ0) is 16.9. The van der Waals surface area contributed by atoms with E-state index in [-0.39, 0.29) is 11.4 Å². The van der Waals surface area contributed by atoms with Crippen molar-refractivity contribution in [3.05, 3.63) is 64.2 Å². The van der Waals surface area contributed by atoms with Crippen molar-refractivity contribution >= 4 is 39.8 Å². The zero-order valence-corrected chi connectivity index (χ0v) is 13.8. The van der Waals surface area contributed by atoms with E-state index in [9.17, 15) is 14.4 Å². The van der Waals surface area contributed by atoms with Gasteiger partial charge >= 0.3 is 0 Å². The van der Waals surface area contributed by atoms with E-state index in [4.69, 9.17) is 0 Å². The highest BCUT2D eigenvalue weighted by atomic mass is 32.1. The van der Waals surface area contributed by atoms with Gasteiger partial charge in [-0.2, -0.15) is 5.26 Å². The van der Waals surface area contributed by atoms with Gasteiger partial charge in [-0.05, 0) is 35.9 Å². The van der Waals surface area contributed by atoms with Crippen LogP contribution in [0.5, 0.6) is 0 Å². The van der Waals surface area contributed by atoms with Crippen LogP contribution in [0.2, 0.25) is 0 Å². The third kappa shape index (κ3) is 3.74. The number of anilines is 1. The van der Waals surface area contributed by atoms with E-state index in [0.29, 0.717) is 5.13 Å². The van der Waals surface area contributed by atoms with E-state index in [1.807, 2.05) is 18.2 Å². The lowest BCUT2D eigenvalue weighted by molar-refractivity contribution is -0.112. The molecule has 4 nitrogen and oxygen atoms in total. The fourth-order valence-electron chi connectivity index (χ4n) is 1.94. The van der Waals surface area contributed by atoms with Gasteiger partial charge in [0.15, 0.2) is 5.13 Å². The van der Waals surface area contributed by atoms with Crippen LogP contribution in [-0.2, 0) is 4.79 Å². The van der Waals surface area contributed by atoms with Crippen molar-refractivity contribution in [2.24, 2.45) is 0 Å². The highest BCUT2D eigenvalue weighted by Gasteiger charge is 2.11. The summed E-state index contributed by atoms with van der Waals surface area (Å²) in [6, 6.07) is 11.8. The van der Waals surface area contributed by atoms with Gasteiger partial charge in [0.05, 0.1) is 0 Å². The molecule has 0 aliphatic heterocycles. The first-order chi connectivity index (χ1) is 11.7. The molecule has 3 rings (SSSR count). The largest absolute Gasteiger partial charge is 0.297 e. The van der Waals surface area contributed by atoms with Gasteiger partial charge in [0.2, 0.25) is 0 Å². The van der Waals surface area contributed by atoms with Gasteiger partial charge in [-0.3, -0.25) is 10.1 Å². The van der Waals surface area contributed by atoms with Crippen LogP contribution in [-0.4, -0.2) is 10.9 Å². The molecule has 0 radical (unpaired) electrons. The van der Waals surface area contributed by atoms with Gasteiger partial charge in [0, 0.05) is 21.3 Å². The second-order valence-electron chi connectivity index (χ2n) is 4.67. The minimum atomic E-state index is -0.496. The number of nitrogens with zero attached hydrogens (tertiary/aromatic N) is 2. The second-order valence-corrected chi connectivity index (χ2v) is 6.68. The Morgan fingerprint density at radius 3 is 2.71 bits per heavy atom. The van der Waals surface area contributed by atoms with Crippen molar-refractivity contribution in [2.75, 3.05) is 5.32 Å². The molecule has 24 heavy (non-hydrogen) atoms. The lowest BCUT2D eigenvalue weighted by atomic mass is 10.2. The molecule has 3 aromatic rings. The van der Waals surface area contributed by atoms with E-state index < -0.39 is 5.91 Å². The molecule has 0 aliphatic carbocycles. The fourth-order valence-corrected chi connectivity index (χ4v) is 3.42. The SMILES string of the molecule is N#C/C(=C\c1ccc(-c2ccc(F)cc2)s1)C(=O)Nc1nccs1. The molecule has 2 heterocycles. The van der Waals surface area contributed by atoms with Gasteiger partial charge in [-0.1, -0.05) is 12.1 Å². The number of nitrogens with one attached hydrogen (secondary N) is 1. The topological polar surface area (TPSA) is 65.8 Å².